The minimum absolute atomic E-state index is 0.188. The van der Waals surface area contributed by atoms with Crippen molar-refractivity contribution in [2.45, 2.75) is 13.5 Å². The van der Waals surface area contributed by atoms with Gasteiger partial charge in [-0.15, -0.1) is 0 Å². The number of nitrogens with zero attached hydrogens (tertiary/aromatic N) is 1. The Bertz CT molecular complexity index is 561. The normalized spacial score (nSPS) is 9.95. The van der Waals surface area contributed by atoms with Gasteiger partial charge < -0.3 is 15.6 Å². The van der Waals surface area contributed by atoms with Crippen molar-refractivity contribution in [3.8, 4) is 0 Å². The average Bonchev–Trinajstić information content (AvgIpc) is 2.91. The quantitative estimate of drug-likeness (QED) is 0.717. The first-order valence-electron chi connectivity index (χ1n) is 5.79. The van der Waals surface area contributed by atoms with Gasteiger partial charge in [0, 0.05) is 18.1 Å². The molecule has 98 valence electrons. The molecule has 19 heavy (non-hydrogen) atoms. The third-order valence-corrected chi connectivity index (χ3v) is 2.49. The van der Waals surface area contributed by atoms with Crippen LogP contribution in [0.3, 0.4) is 0 Å². The number of imidazole rings is 1. The SMILES string of the molecule is Cc1ccc(NC(=O)C(=O)NCc2ncc[nH]2)cc1. The molecule has 0 bridgehead atoms. The Labute approximate surface area is 110 Å². The molecule has 1 aromatic heterocycles. The van der Waals surface area contributed by atoms with Crippen molar-refractivity contribution in [1.29, 1.82) is 0 Å². The van der Waals surface area contributed by atoms with Crippen LogP contribution in [0.2, 0.25) is 0 Å². The van der Waals surface area contributed by atoms with Crippen LogP contribution < -0.4 is 10.6 Å². The van der Waals surface area contributed by atoms with Gasteiger partial charge in [-0.1, -0.05) is 17.7 Å². The van der Waals surface area contributed by atoms with Crippen molar-refractivity contribution in [2.75, 3.05) is 5.32 Å². The van der Waals surface area contributed by atoms with Crippen molar-refractivity contribution < 1.29 is 9.59 Å². The van der Waals surface area contributed by atoms with Crippen molar-refractivity contribution in [2.24, 2.45) is 0 Å². The van der Waals surface area contributed by atoms with Crippen LogP contribution in [0.4, 0.5) is 5.69 Å². The highest BCUT2D eigenvalue weighted by molar-refractivity contribution is 6.39. The zero-order chi connectivity index (χ0) is 13.7. The summed E-state index contributed by atoms with van der Waals surface area (Å²) in [7, 11) is 0. The number of rotatable bonds is 3. The summed E-state index contributed by atoms with van der Waals surface area (Å²) in [6.07, 6.45) is 3.22. The Balaban J connectivity index is 1.85. The van der Waals surface area contributed by atoms with Crippen molar-refractivity contribution in [1.82, 2.24) is 15.3 Å². The van der Waals surface area contributed by atoms with E-state index >= 15 is 0 Å². The molecule has 0 saturated carbocycles. The number of amides is 2. The van der Waals surface area contributed by atoms with Crippen molar-refractivity contribution in [3.05, 3.63) is 48.0 Å². The van der Waals surface area contributed by atoms with Gasteiger partial charge in [0.25, 0.3) is 0 Å². The minimum Gasteiger partial charge on any atom is -0.347 e. The lowest BCUT2D eigenvalue weighted by atomic mass is 10.2. The Morgan fingerprint density at radius 1 is 1.21 bits per heavy atom. The van der Waals surface area contributed by atoms with Gasteiger partial charge in [0.15, 0.2) is 0 Å². The smallest absolute Gasteiger partial charge is 0.313 e. The molecule has 3 N–H and O–H groups in total. The second kappa shape index (κ2) is 5.81. The first-order valence-corrected chi connectivity index (χ1v) is 5.79. The van der Waals surface area contributed by atoms with Crippen LogP contribution in [0.5, 0.6) is 0 Å². The summed E-state index contributed by atoms with van der Waals surface area (Å²) in [4.78, 5) is 29.9. The van der Waals surface area contributed by atoms with E-state index in [0.29, 0.717) is 11.5 Å². The molecular weight excluding hydrogens is 244 g/mol. The van der Waals surface area contributed by atoms with Gasteiger partial charge in [-0.3, -0.25) is 9.59 Å². The van der Waals surface area contributed by atoms with Crippen LogP contribution in [0.15, 0.2) is 36.7 Å². The lowest BCUT2D eigenvalue weighted by Gasteiger charge is -2.05. The van der Waals surface area contributed by atoms with E-state index in [1.807, 2.05) is 19.1 Å². The van der Waals surface area contributed by atoms with Gasteiger partial charge in [-0.25, -0.2) is 4.98 Å². The molecule has 2 aromatic rings. The zero-order valence-electron chi connectivity index (χ0n) is 10.4. The fraction of sp³-hybridized carbons (Fsp3) is 0.154. The first kappa shape index (κ1) is 12.8. The highest BCUT2D eigenvalue weighted by Crippen LogP contribution is 2.08. The summed E-state index contributed by atoms with van der Waals surface area (Å²) in [5.41, 5.74) is 1.67. The fourth-order valence-corrected chi connectivity index (χ4v) is 1.46. The zero-order valence-corrected chi connectivity index (χ0v) is 10.4. The van der Waals surface area contributed by atoms with Crippen LogP contribution in [0.1, 0.15) is 11.4 Å². The van der Waals surface area contributed by atoms with Crippen LogP contribution in [-0.4, -0.2) is 21.8 Å². The molecule has 0 unspecified atom stereocenters. The van der Waals surface area contributed by atoms with E-state index in [4.69, 9.17) is 0 Å². The van der Waals surface area contributed by atoms with Crippen molar-refractivity contribution >= 4 is 17.5 Å². The third kappa shape index (κ3) is 3.67. The molecule has 0 radical (unpaired) electrons. The number of aromatic nitrogens is 2. The maximum Gasteiger partial charge on any atom is 0.313 e. The number of hydrogen-bond acceptors (Lipinski definition) is 3. The Morgan fingerprint density at radius 2 is 1.95 bits per heavy atom. The average molecular weight is 258 g/mol. The number of aromatic amines is 1. The molecule has 2 rings (SSSR count). The topological polar surface area (TPSA) is 86.9 Å². The number of carbonyl (C=O) groups is 2. The van der Waals surface area contributed by atoms with Gasteiger partial charge in [0.05, 0.1) is 6.54 Å². The van der Waals surface area contributed by atoms with E-state index in [9.17, 15) is 9.59 Å². The number of hydrogen-bond donors (Lipinski definition) is 3. The molecule has 0 saturated heterocycles. The highest BCUT2D eigenvalue weighted by Gasteiger charge is 2.13. The molecule has 0 spiro atoms. The van der Waals surface area contributed by atoms with Gasteiger partial charge in [-0.05, 0) is 19.1 Å². The summed E-state index contributed by atoms with van der Waals surface area (Å²) in [6.45, 7) is 2.13. The second-order valence-corrected chi connectivity index (χ2v) is 4.04. The van der Waals surface area contributed by atoms with E-state index in [0.717, 1.165) is 5.56 Å². The molecule has 0 aliphatic rings. The Kier molecular flexibility index (Phi) is 3.92. The van der Waals surface area contributed by atoms with Crippen molar-refractivity contribution in [3.63, 3.8) is 0 Å². The van der Waals surface area contributed by atoms with E-state index in [-0.39, 0.29) is 6.54 Å². The molecule has 0 aliphatic carbocycles. The number of anilines is 1. The van der Waals surface area contributed by atoms with E-state index in [2.05, 4.69) is 20.6 Å². The molecule has 1 aromatic carbocycles. The summed E-state index contributed by atoms with van der Waals surface area (Å²) in [6, 6.07) is 7.20. The van der Waals surface area contributed by atoms with E-state index in [1.165, 1.54) is 0 Å². The summed E-state index contributed by atoms with van der Waals surface area (Å²) in [5.74, 6) is -0.802. The lowest BCUT2D eigenvalue weighted by molar-refractivity contribution is -0.136. The summed E-state index contributed by atoms with van der Waals surface area (Å²) < 4.78 is 0. The Hall–Kier alpha value is -2.63. The number of carbonyl (C=O) groups excluding carboxylic acids is 2. The number of benzene rings is 1. The largest absolute Gasteiger partial charge is 0.347 e. The predicted molar refractivity (Wildman–Crippen MR) is 70.2 cm³/mol. The number of H-pyrrole nitrogens is 1. The molecule has 0 atom stereocenters. The predicted octanol–water partition coefficient (Wildman–Crippen LogP) is 0.973. The molecule has 6 nitrogen and oxygen atoms in total. The maximum absolute atomic E-state index is 11.6. The van der Waals surface area contributed by atoms with Gasteiger partial charge in [0.2, 0.25) is 0 Å². The fourth-order valence-electron chi connectivity index (χ4n) is 1.46. The molecule has 2 amide bonds. The van der Waals surface area contributed by atoms with Gasteiger partial charge in [0.1, 0.15) is 5.82 Å². The first-order chi connectivity index (χ1) is 9.15. The molecule has 1 heterocycles. The number of aryl methyl sites for hydroxylation is 1. The van der Waals surface area contributed by atoms with Crippen LogP contribution >= 0.6 is 0 Å². The van der Waals surface area contributed by atoms with Crippen LogP contribution in [-0.2, 0) is 16.1 Å². The maximum atomic E-state index is 11.6. The molecule has 0 aliphatic heterocycles. The van der Waals surface area contributed by atoms with E-state index < -0.39 is 11.8 Å². The van der Waals surface area contributed by atoms with Gasteiger partial charge >= 0.3 is 11.8 Å². The third-order valence-electron chi connectivity index (χ3n) is 2.49. The monoisotopic (exact) mass is 258 g/mol. The molecule has 6 heteroatoms. The van der Waals surface area contributed by atoms with Crippen LogP contribution in [0.25, 0.3) is 0 Å². The second-order valence-electron chi connectivity index (χ2n) is 4.04. The Morgan fingerprint density at radius 3 is 2.58 bits per heavy atom. The van der Waals surface area contributed by atoms with E-state index in [1.54, 1.807) is 24.5 Å². The van der Waals surface area contributed by atoms with Crippen LogP contribution in [0, 0.1) is 6.92 Å². The number of nitrogens with one attached hydrogen (secondary N) is 3. The van der Waals surface area contributed by atoms with Gasteiger partial charge in [-0.2, -0.15) is 0 Å². The molecule has 0 fully saturated rings. The standard InChI is InChI=1S/C13H14N4O2/c1-9-2-4-10(5-3-9)17-13(19)12(18)16-8-11-14-6-7-15-11/h2-7H,8H2,1H3,(H,14,15)(H,16,18)(H,17,19). The molecular formula is C13H14N4O2. The summed E-state index contributed by atoms with van der Waals surface area (Å²) >= 11 is 0. The summed E-state index contributed by atoms with van der Waals surface area (Å²) in [5, 5.41) is 4.99. The lowest BCUT2D eigenvalue weighted by Crippen LogP contribution is -2.35. The highest BCUT2D eigenvalue weighted by atomic mass is 16.2. The minimum atomic E-state index is -0.699.